The molecule has 2 saturated heterocycles. The Morgan fingerprint density at radius 3 is 2.21 bits per heavy atom. The molecule has 4 heterocycles. The van der Waals surface area contributed by atoms with Crippen molar-refractivity contribution in [3.63, 3.8) is 0 Å². The SMILES string of the molecule is CC(=O)CC(OCCOCCNC(=O)O[C@@H]1[C@@H]2O[Si](C(C)C)(C(C)C)O[Si](C(C)C)(C(C)C)OC[C@H]2O[C@H]1n1cnc2c(=O)[nH]c(NC(=O)C(C)C)nc21)C(=O)O. The van der Waals surface area contributed by atoms with E-state index in [0.29, 0.717) is 0 Å². The first kappa shape index (κ1) is 46.1. The summed E-state index contributed by atoms with van der Waals surface area (Å²) in [6.45, 7) is 21.5. The number of hydrogen-bond acceptors (Lipinski definition) is 14. The second-order valence-corrected chi connectivity index (χ2v) is 24.9. The van der Waals surface area contributed by atoms with Crippen LogP contribution in [0.15, 0.2) is 11.1 Å². The van der Waals surface area contributed by atoms with Gasteiger partial charge in [-0.2, -0.15) is 4.98 Å². The Hall–Kier alpha value is -3.58. The van der Waals surface area contributed by atoms with Crippen molar-refractivity contribution in [2.75, 3.05) is 38.3 Å². The van der Waals surface area contributed by atoms with Gasteiger partial charge in [0.05, 0.1) is 32.8 Å². The zero-order valence-corrected chi connectivity index (χ0v) is 36.8. The number of imidazole rings is 1. The standard InChI is InChI=1S/C36H60N6O13Si2/c1-19(2)31(44)40-35-39-30-27(32(45)41-35)38-18-42(30)33-29(53-36(48)37-12-13-49-14-15-50-25(34(46)47)16-24(11)43)28-26(52-33)17-51-56(20(3)4,21(5)6)55-57(54-28,22(7)8)23(9)10/h18-23,25-26,28-29,33H,12-17H2,1-11H3,(H,37,48)(H,46,47)(H2,39,40,41,44,45)/t25?,26-,28-,29-,33-/m1/s1. The molecule has 1 unspecified atom stereocenters. The van der Waals surface area contributed by atoms with Gasteiger partial charge in [-0.1, -0.05) is 69.2 Å². The minimum Gasteiger partial charge on any atom is -0.479 e. The summed E-state index contributed by atoms with van der Waals surface area (Å²) in [6, 6.07) is 0. The van der Waals surface area contributed by atoms with Crippen LogP contribution < -0.4 is 16.2 Å². The molecule has 0 aromatic carbocycles. The highest BCUT2D eigenvalue weighted by Gasteiger charge is 2.62. The molecular formula is C36H60N6O13Si2. The van der Waals surface area contributed by atoms with E-state index < -0.39 is 65.4 Å². The molecule has 2 amide bonds. The minimum atomic E-state index is -3.23. The molecule has 0 aliphatic carbocycles. The van der Waals surface area contributed by atoms with Crippen molar-refractivity contribution in [3.8, 4) is 0 Å². The maximum absolute atomic E-state index is 13.6. The Labute approximate surface area is 334 Å². The molecule has 2 aliphatic heterocycles. The van der Waals surface area contributed by atoms with E-state index in [1.165, 1.54) is 17.8 Å². The summed E-state index contributed by atoms with van der Waals surface area (Å²) < 4.78 is 46.6. The van der Waals surface area contributed by atoms with Crippen molar-refractivity contribution in [1.82, 2.24) is 24.8 Å². The lowest BCUT2D eigenvalue weighted by Gasteiger charge is -2.51. The number of carbonyl (C=O) groups excluding carboxylic acids is 3. The highest BCUT2D eigenvalue weighted by atomic mass is 28.5. The Morgan fingerprint density at radius 2 is 1.63 bits per heavy atom. The van der Waals surface area contributed by atoms with Crippen LogP contribution in [0.1, 0.15) is 88.8 Å². The van der Waals surface area contributed by atoms with Crippen LogP contribution in [0.2, 0.25) is 22.2 Å². The van der Waals surface area contributed by atoms with Crippen molar-refractivity contribution >= 4 is 58.0 Å². The van der Waals surface area contributed by atoms with Gasteiger partial charge in [0.25, 0.3) is 5.56 Å². The third kappa shape index (κ3) is 10.5. The summed E-state index contributed by atoms with van der Waals surface area (Å²) in [6.07, 6.45) is -4.84. The molecule has 0 radical (unpaired) electrons. The number of anilines is 1. The van der Waals surface area contributed by atoms with Crippen molar-refractivity contribution in [3.05, 3.63) is 16.7 Å². The molecule has 57 heavy (non-hydrogen) atoms. The van der Waals surface area contributed by atoms with Crippen LogP contribution in [0.3, 0.4) is 0 Å². The molecule has 2 fully saturated rings. The normalized spacial score (nSPS) is 22.5. The molecule has 2 aromatic heterocycles. The first-order valence-electron chi connectivity index (χ1n) is 19.5. The molecule has 4 N–H and O–H groups in total. The fourth-order valence-electron chi connectivity index (χ4n) is 7.13. The molecule has 2 aromatic rings. The average molecular weight is 841 g/mol. The number of aromatic amines is 1. The summed E-state index contributed by atoms with van der Waals surface area (Å²) in [7, 11) is -6.19. The van der Waals surface area contributed by atoms with Gasteiger partial charge in [-0.15, -0.1) is 0 Å². The van der Waals surface area contributed by atoms with Crippen LogP contribution in [-0.4, -0.2) is 123 Å². The zero-order valence-electron chi connectivity index (χ0n) is 34.8. The van der Waals surface area contributed by atoms with E-state index in [-0.39, 0.29) is 96.3 Å². The van der Waals surface area contributed by atoms with E-state index in [2.05, 4.69) is 81.0 Å². The minimum absolute atomic E-state index is 0.0165. The van der Waals surface area contributed by atoms with Crippen LogP contribution in [0.5, 0.6) is 0 Å². The average Bonchev–Trinajstić information content (AvgIpc) is 3.67. The molecule has 5 atom stereocenters. The largest absolute Gasteiger partial charge is 0.479 e. The third-order valence-electron chi connectivity index (χ3n) is 10.1. The summed E-state index contributed by atoms with van der Waals surface area (Å²) in [5, 5.41) is 14.5. The molecule has 19 nitrogen and oxygen atoms in total. The number of carbonyl (C=O) groups is 4. The number of Topliss-reactive ketones (excluding diaryl/α,β-unsaturated/α-hetero) is 1. The number of aliphatic carboxylic acids is 1. The van der Waals surface area contributed by atoms with Gasteiger partial charge in [0.2, 0.25) is 11.9 Å². The van der Waals surface area contributed by atoms with E-state index in [1.54, 1.807) is 13.8 Å². The lowest BCUT2D eigenvalue weighted by Crippen LogP contribution is -2.66. The van der Waals surface area contributed by atoms with Crippen molar-refractivity contribution < 1.29 is 56.2 Å². The highest BCUT2D eigenvalue weighted by Crippen LogP contribution is 2.49. The highest BCUT2D eigenvalue weighted by molar-refractivity contribution is 6.84. The van der Waals surface area contributed by atoms with Gasteiger partial charge in [0.1, 0.15) is 18.0 Å². The number of ketones is 1. The second kappa shape index (κ2) is 19.5. The van der Waals surface area contributed by atoms with E-state index in [9.17, 15) is 29.1 Å². The number of carboxylic acids is 1. The number of aromatic nitrogens is 4. The van der Waals surface area contributed by atoms with Crippen LogP contribution in [0, 0.1) is 5.92 Å². The number of nitrogens with zero attached hydrogens (tertiary/aromatic N) is 3. The number of fused-ring (bicyclic) bond motifs is 2. The van der Waals surface area contributed by atoms with Gasteiger partial charge in [-0.05, 0) is 29.1 Å². The number of nitrogens with one attached hydrogen (secondary N) is 3. The van der Waals surface area contributed by atoms with E-state index in [1.807, 2.05) is 0 Å². The van der Waals surface area contributed by atoms with Gasteiger partial charge in [-0.25, -0.2) is 14.6 Å². The van der Waals surface area contributed by atoms with Gasteiger partial charge in [0.15, 0.2) is 29.6 Å². The predicted molar refractivity (Wildman–Crippen MR) is 211 cm³/mol. The molecule has 4 rings (SSSR count). The first-order chi connectivity index (χ1) is 26.7. The monoisotopic (exact) mass is 840 g/mol. The summed E-state index contributed by atoms with van der Waals surface area (Å²) >= 11 is 0. The van der Waals surface area contributed by atoms with Gasteiger partial charge in [0, 0.05) is 18.9 Å². The Bertz CT molecular complexity index is 1770. The number of carboxylic acid groups (broad SMARTS) is 1. The second-order valence-electron chi connectivity index (χ2n) is 16.0. The number of rotatable bonds is 18. The quantitative estimate of drug-likeness (QED) is 0.122. The molecule has 0 spiro atoms. The number of amides is 2. The summed E-state index contributed by atoms with van der Waals surface area (Å²) in [5.74, 6) is -2.39. The summed E-state index contributed by atoms with van der Waals surface area (Å²) in [5.41, 5.74) is -0.497. The molecule has 2 aliphatic rings. The number of alkyl carbamates (subject to hydrolysis) is 1. The maximum Gasteiger partial charge on any atom is 0.407 e. The lowest BCUT2D eigenvalue weighted by atomic mass is 10.1. The first-order valence-corrected chi connectivity index (χ1v) is 23.5. The zero-order chi connectivity index (χ0) is 42.4. The van der Waals surface area contributed by atoms with E-state index >= 15 is 0 Å². The number of H-pyrrole nitrogens is 1. The van der Waals surface area contributed by atoms with Crippen LogP contribution >= 0.6 is 0 Å². The van der Waals surface area contributed by atoms with Gasteiger partial charge in [-0.3, -0.25) is 29.3 Å². The maximum atomic E-state index is 13.6. The van der Waals surface area contributed by atoms with Gasteiger partial charge >= 0.3 is 29.2 Å². The van der Waals surface area contributed by atoms with Crippen molar-refractivity contribution in [2.24, 2.45) is 5.92 Å². The van der Waals surface area contributed by atoms with Crippen LogP contribution in [0.4, 0.5) is 10.7 Å². The van der Waals surface area contributed by atoms with E-state index in [0.717, 1.165) is 0 Å². The van der Waals surface area contributed by atoms with Crippen molar-refractivity contribution in [1.29, 1.82) is 0 Å². The fraction of sp³-hybridized carbons (Fsp3) is 0.750. The summed E-state index contributed by atoms with van der Waals surface area (Å²) in [4.78, 5) is 73.3. The predicted octanol–water partition coefficient (Wildman–Crippen LogP) is 4.13. The Kier molecular flexibility index (Phi) is 15.7. The Balaban J connectivity index is 1.65. The fourth-order valence-corrected chi connectivity index (χ4v) is 18.3. The number of ether oxygens (including phenoxy) is 4. The third-order valence-corrected chi connectivity index (χ3v) is 20.4. The topological polar surface area (TPSA) is 241 Å². The van der Waals surface area contributed by atoms with E-state index in [4.69, 9.17) is 31.9 Å². The molecule has 0 bridgehead atoms. The molecule has 320 valence electrons. The molecule has 21 heteroatoms. The van der Waals surface area contributed by atoms with Gasteiger partial charge < -0.3 is 42.3 Å². The lowest BCUT2D eigenvalue weighted by molar-refractivity contribution is -0.153. The number of hydrogen-bond donors (Lipinski definition) is 4. The molecular weight excluding hydrogens is 781 g/mol. The van der Waals surface area contributed by atoms with Crippen LogP contribution in [0.25, 0.3) is 11.2 Å². The van der Waals surface area contributed by atoms with Crippen molar-refractivity contribution in [2.45, 2.75) is 135 Å². The smallest absolute Gasteiger partial charge is 0.407 e. The Morgan fingerprint density at radius 1 is 0.982 bits per heavy atom. The molecule has 0 saturated carbocycles. The van der Waals surface area contributed by atoms with Crippen LogP contribution in [-0.2, 0) is 46.3 Å².